The van der Waals surface area contributed by atoms with Crippen LogP contribution in [0.4, 0.5) is 11.5 Å². The van der Waals surface area contributed by atoms with Gasteiger partial charge in [0.1, 0.15) is 11.4 Å². The Labute approximate surface area is 167 Å². The van der Waals surface area contributed by atoms with Gasteiger partial charge in [0.25, 0.3) is 0 Å². The molecule has 3 heterocycles. The van der Waals surface area contributed by atoms with Gasteiger partial charge in [-0.1, -0.05) is 0 Å². The van der Waals surface area contributed by atoms with E-state index in [1.807, 2.05) is 43.6 Å². The fraction of sp³-hybridized carbons (Fsp3) is 0.174. The van der Waals surface area contributed by atoms with Crippen molar-refractivity contribution in [3.63, 3.8) is 0 Å². The smallest absolute Gasteiger partial charge is 0.339 e. The second-order valence-electron chi connectivity index (χ2n) is 7.49. The predicted molar refractivity (Wildman–Crippen MR) is 113 cm³/mol. The Morgan fingerprint density at radius 2 is 1.97 bits per heavy atom. The molecule has 144 valence electrons. The molecule has 2 N–H and O–H groups in total. The Balaban J connectivity index is 1.61. The van der Waals surface area contributed by atoms with Gasteiger partial charge in [-0.25, -0.2) is 9.78 Å². The average molecular weight is 384 g/mol. The van der Waals surface area contributed by atoms with Crippen molar-refractivity contribution in [1.29, 1.82) is 0 Å². The molecule has 0 saturated heterocycles. The average Bonchev–Trinajstić information content (AvgIpc) is 3.52. The summed E-state index contributed by atoms with van der Waals surface area (Å²) in [5.74, 6) is -0.163. The number of carbonyl (C=O) groups is 1. The van der Waals surface area contributed by atoms with Gasteiger partial charge in [-0.3, -0.25) is 4.98 Å². The predicted octanol–water partition coefficient (Wildman–Crippen LogP) is 4.95. The summed E-state index contributed by atoms with van der Waals surface area (Å²) in [6, 6.07) is 11.8. The van der Waals surface area contributed by atoms with Gasteiger partial charge in [-0.05, 0) is 66.3 Å². The summed E-state index contributed by atoms with van der Waals surface area (Å²) in [5, 5.41) is 14.0. The van der Waals surface area contributed by atoms with Crippen LogP contribution in [0.2, 0.25) is 0 Å². The first-order chi connectivity index (χ1) is 14.1. The van der Waals surface area contributed by atoms with Crippen LogP contribution in [0.3, 0.4) is 0 Å². The lowest BCUT2D eigenvalue weighted by molar-refractivity contribution is 0.0697. The molecule has 0 unspecified atom stereocenters. The van der Waals surface area contributed by atoms with Crippen molar-refractivity contribution in [3.8, 4) is 11.1 Å². The molecule has 1 aromatic carbocycles. The molecule has 1 aliphatic rings. The Hall–Kier alpha value is -3.67. The Morgan fingerprint density at radius 1 is 1.17 bits per heavy atom. The maximum absolute atomic E-state index is 11.8. The third-order valence-electron chi connectivity index (χ3n) is 5.41. The van der Waals surface area contributed by atoms with Gasteiger partial charge >= 0.3 is 5.97 Å². The Bertz CT molecular complexity index is 1230. The highest BCUT2D eigenvalue weighted by atomic mass is 16.4. The van der Waals surface area contributed by atoms with Crippen molar-refractivity contribution < 1.29 is 9.90 Å². The van der Waals surface area contributed by atoms with Gasteiger partial charge < -0.3 is 15.0 Å². The minimum absolute atomic E-state index is 0.202. The molecule has 5 rings (SSSR count). The Morgan fingerprint density at radius 3 is 2.69 bits per heavy atom. The molecule has 1 aliphatic carbocycles. The maximum atomic E-state index is 11.8. The monoisotopic (exact) mass is 384 g/mol. The number of rotatable bonds is 5. The lowest BCUT2D eigenvalue weighted by Gasteiger charge is -2.13. The Kier molecular flexibility index (Phi) is 4.05. The zero-order chi connectivity index (χ0) is 20.0. The van der Waals surface area contributed by atoms with Crippen molar-refractivity contribution >= 4 is 28.4 Å². The molecular weight excluding hydrogens is 364 g/mol. The molecule has 6 heteroatoms. The van der Waals surface area contributed by atoms with E-state index in [2.05, 4.69) is 19.9 Å². The minimum atomic E-state index is -0.974. The second kappa shape index (κ2) is 6.74. The van der Waals surface area contributed by atoms with Gasteiger partial charge in [-0.2, -0.15) is 0 Å². The zero-order valence-electron chi connectivity index (χ0n) is 16.0. The maximum Gasteiger partial charge on any atom is 0.339 e. The van der Waals surface area contributed by atoms with Crippen LogP contribution in [0.1, 0.15) is 34.7 Å². The van der Waals surface area contributed by atoms with Crippen molar-refractivity contribution in [2.45, 2.75) is 18.8 Å². The number of nitrogens with zero attached hydrogens (tertiary/aromatic N) is 3. The largest absolute Gasteiger partial charge is 0.478 e. The molecule has 0 aliphatic heterocycles. The number of aromatic carboxylic acids is 1. The number of anilines is 2. The van der Waals surface area contributed by atoms with Crippen LogP contribution >= 0.6 is 0 Å². The zero-order valence-corrected chi connectivity index (χ0v) is 16.0. The van der Waals surface area contributed by atoms with E-state index in [4.69, 9.17) is 0 Å². The molecule has 0 atom stereocenters. The van der Waals surface area contributed by atoms with E-state index in [1.54, 1.807) is 24.7 Å². The third-order valence-corrected chi connectivity index (χ3v) is 5.41. The van der Waals surface area contributed by atoms with Crippen molar-refractivity contribution in [2.75, 3.05) is 5.32 Å². The molecule has 0 radical (unpaired) electrons. The molecule has 4 aromatic rings. The van der Waals surface area contributed by atoms with Gasteiger partial charge in [0.05, 0.1) is 5.52 Å². The molecule has 0 spiro atoms. The summed E-state index contributed by atoms with van der Waals surface area (Å²) >= 11 is 0. The number of carboxylic acid groups (broad SMARTS) is 1. The lowest BCUT2D eigenvalue weighted by Crippen LogP contribution is -2.06. The highest BCUT2D eigenvalue weighted by Crippen LogP contribution is 2.41. The topological polar surface area (TPSA) is 80.0 Å². The van der Waals surface area contributed by atoms with E-state index < -0.39 is 5.97 Å². The summed E-state index contributed by atoms with van der Waals surface area (Å²) in [6.45, 7) is 0. The summed E-state index contributed by atoms with van der Waals surface area (Å²) in [6.07, 6.45) is 9.55. The third kappa shape index (κ3) is 3.23. The van der Waals surface area contributed by atoms with Gasteiger partial charge in [0.15, 0.2) is 0 Å². The quantitative estimate of drug-likeness (QED) is 0.509. The number of carboxylic acids is 1. The van der Waals surface area contributed by atoms with E-state index in [1.165, 1.54) is 0 Å². The number of pyridine rings is 2. The first-order valence-electron chi connectivity index (χ1n) is 9.60. The first-order valence-corrected chi connectivity index (χ1v) is 9.60. The standard InChI is InChI=1S/C23H20N4O2/c1-27-9-6-16-10-18(12-19(21(16)27)15-4-7-24-8-5-15)26-22-20(23(28)29)11-17(13-25-22)14-2-3-14/h4-14H,2-3H2,1H3,(H,25,26)(H,28,29). The van der Waals surface area contributed by atoms with Crippen LogP contribution in [-0.4, -0.2) is 25.6 Å². The number of aromatic nitrogens is 3. The summed E-state index contributed by atoms with van der Waals surface area (Å²) in [7, 11) is 2.01. The lowest BCUT2D eigenvalue weighted by atomic mass is 10.0. The number of aryl methyl sites for hydroxylation is 1. The van der Waals surface area contributed by atoms with Gasteiger partial charge in [-0.15, -0.1) is 0 Å². The van der Waals surface area contributed by atoms with Gasteiger partial charge in [0.2, 0.25) is 0 Å². The molecule has 1 saturated carbocycles. The molecule has 29 heavy (non-hydrogen) atoms. The van der Waals surface area contributed by atoms with Crippen LogP contribution in [0.15, 0.2) is 61.2 Å². The number of hydrogen-bond acceptors (Lipinski definition) is 4. The normalized spacial score (nSPS) is 13.6. The van der Waals surface area contributed by atoms with E-state index in [0.29, 0.717) is 11.7 Å². The van der Waals surface area contributed by atoms with Crippen LogP contribution in [0.25, 0.3) is 22.0 Å². The SMILES string of the molecule is Cn1ccc2cc(Nc3ncc(C4CC4)cc3C(=O)O)cc(-c3ccncc3)c21. The highest BCUT2D eigenvalue weighted by molar-refractivity contribution is 5.99. The number of hydrogen-bond donors (Lipinski definition) is 2. The van der Waals surface area contributed by atoms with E-state index in [-0.39, 0.29) is 5.56 Å². The van der Waals surface area contributed by atoms with Crippen LogP contribution in [0.5, 0.6) is 0 Å². The van der Waals surface area contributed by atoms with E-state index in [9.17, 15) is 9.90 Å². The van der Waals surface area contributed by atoms with Gasteiger partial charge in [0, 0.05) is 48.5 Å². The number of benzene rings is 1. The fourth-order valence-electron chi connectivity index (χ4n) is 3.79. The number of nitrogens with one attached hydrogen (secondary N) is 1. The molecule has 3 aromatic heterocycles. The van der Waals surface area contributed by atoms with Crippen LogP contribution in [0, 0.1) is 0 Å². The van der Waals surface area contributed by atoms with E-state index >= 15 is 0 Å². The minimum Gasteiger partial charge on any atom is -0.478 e. The molecule has 1 fully saturated rings. The second-order valence-corrected chi connectivity index (χ2v) is 7.49. The van der Waals surface area contributed by atoms with Crippen molar-refractivity contribution in [3.05, 3.63) is 72.3 Å². The van der Waals surface area contributed by atoms with Crippen LogP contribution in [-0.2, 0) is 7.05 Å². The molecule has 0 bridgehead atoms. The molecule has 6 nitrogen and oxygen atoms in total. The number of fused-ring (bicyclic) bond motifs is 1. The summed E-state index contributed by atoms with van der Waals surface area (Å²) < 4.78 is 2.08. The van der Waals surface area contributed by atoms with Crippen molar-refractivity contribution in [1.82, 2.24) is 14.5 Å². The summed E-state index contributed by atoms with van der Waals surface area (Å²) in [5.41, 5.74) is 5.20. The highest BCUT2D eigenvalue weighted by Gasteiger charge is 2.26. The van der Waals surface area contributed by atoms with Crippen LogP contribution < -0.4 is 5.32 Å². The molecule has 0 amide bonds. The van der Waals surface area contributed by atoms with Crippen molar-refractivity contribution in [2.24, 2.45) is 7.05 Å². The summed E-state index contributed by atoms with van der Waals surface area (Å²) in [4.78, 5) is 20.4. The fourth-order valence-corrected chi connectivity index (χ4v) is 3.79. The molecular formula is C23H20N4O2. The first kappa shape index (κ1) is 17.4. The van der Waals surface area contributed by atoms with E-state index in [0.717, 1.165) is 46.1 Å².